The van der Waals surface area contributed by atoms with E-state index in [0.717, 1.165) is 22.2 Å². The van der Waals surface area contributed by atoms with E-state index in [1.165, 1.54) is 12.7 Å². The van der Waals surface area contributed by atoms with Crippen LogP contribution in [-0.2, 0) is 0 Å². The highest BCUT2D eigenvalue weighted by Crippen LogP contribution is 2.22. The monoisotopic (exact) mass is 385 g/mol. The molecule has 0 unspecified atom stereocenters. The third-order valence-electron chi connectivity index (χ3n) is 5.20. The van der Waals surface area contributed by atoms with Crippen molar-refractivity contribution in [2.75, 3.05) is 31.1 Å². The summed E-state index contributed by atoms with van der Waals surface area (Å²) in [7, 11) is 0. The maximum absolute atomic E-state index is 13.1. The van der Waals surface area contributed by atoms with Gasteiger partial charge in [0.1, 0.15) is 24.8 Å². The molecule has 3 heterocycles. The number of carbonyl (C=O) groups is 1. The van der Waals surface area contributed by atoms with E-state index < -0.39 is 0 Å². The van der Waals surface area contributed by atoms with Gasteiger partial charge in [0, 0.05) is 37.8 Å². The van der Waals surface area contributed by atoms with Crippen LogP contribution in [0.2, 0.25) is 0 Å². The van der Waals surface area contributed by atoms with Crippen LogP contribution in [0.1, 0.15) is 10.4 Å². The summed E-state index contributed by atoms with van der Waals surface area (Å²) in [5, 5.41) is 6.19. The Morgan fingerprint density at radius 2 is 1.66 bits per heavy atom. The molecule has 1 aliphatic heterocycles. The Bertz CT molecular complexity index is 1150. The summed E-state index contributed by atoms with van der Waals surface area (Å²) >= 11 is 0. The molecule has 8 heteroatoms. The first-order valence-electron chi connectivity index (χ1n) is 9.48. The summed E-state index contributed by atoms with van der Waals surface area (Å²) in [4.78, 5) is 29.8. The summed E-state index contributed by atoms with van der Waals surface area (Å²) in [6.45, 7) is 2.71. The van der Waals surface area contributed by atoms with E-state index >= 15 is 0 Å². The van der Waals surface area contributed by atoms with E-state index in [1.54, 1.807) is 11.0 Å². The molecule has 0 radical (unpaired) electrons. The SMILES string of the molecule is O=C(c1cccc2ccccc12)N1CCN(c2cc(-n3cncn3)ncn2)CC1. The number of fused-ring (bicyclic) bond motifs is 1. The number of carbonyl (C=O) groups excluding carboxylic acids is 1. The molecule has 2 aromatic heterocycles. The lowest BCUT2D eigenvalue weighted by Crippen LogP contribution is -2.49. The van der Waals surface area contributed by atoms with Crippen molar-refractivity contribution < 1.29 is 4.79 Å². The Morgan fingerprint density at radius 1 is 0.862 bits per heavy atom. The summed E-state index contributed by atoms with van der Waals surface area (Å²) in [6.07, 6.45) is 4.60. The van der Waals surface area contributed by atoms with Gasteiger partial charge >= 0.3 is 0 Å². The van der Waals surface area contributed by atoms with Crippen LogP contribution < -0.4 is 4.90 Å². The number of amides is 1. The molecule has 0 aliphatic carbocycles. The normalized spacial score (nSPS) is 14.3. The Kier molecular flexibility index (Phi) is 4.36. The second-order valence-corrected chi connectivity index (χ2v) is 6.88. The predicted octanol–water partition coefficient (Wildman–Crippen LogP) is 2.17. The van der Waals surface area contributed by atoms with E-state index in [9.17, 15) is 4.79 Å². The van der Waals surface area contributed by atoms with Crippen LogP contribution in [0.4, 0.5) is 5.82 Å². The second kappa shape index (κ2) is 7.31. The minimum absolute atomic E-state index is 0.0763. The lowest BCUT2D eigenvalue weighted by Gasteiger charge is -2.35. The van der Waals surface area contributed by atoms with Crippen molar-refractivity contribution in [3.63, 3.8) is 0 Å². The molecule has 1 amide bonds. The molecular formula is C21H19N7O. The Balaban J connectivity index is 1.32. The summed E-state index contributed by atoms with van der Waals surface area (Å²) < 4.78 is 1.60. The zero-order chi connectivity index (χ0) is 19.6. The number of piperazine rings is 1. The number of aromatic nitrogens is 5. The molecule has 1 fully saturated rings. The fourth-order valence-electron chi connectivity index (χ4n) is 3.68. The quantitative estimate of drug-likeness (QED) is 0.538. The molecule has 144 valence electrons. The molecule has 1 aliphatic rings. The van der Waals surface area contributed by atoms with Gasteiger partial charge in [0.2, 0.25) is 0 Å². The van der Waals surface area contributed by atoms with Gasteiger partial charge in [-0.05, 0) is 16.8 Å². The Labute approximate surface area is 167 Å². The van der Waals surface area contributed by atoms with Crippen molar-refractivity contribution in [2.24, 2.45) is 0 Å². The van der Waals surface area contributed by atoms with Crippen molar-refractivity contribution in [3.8, 4) is 5.82 Å². The van der Waals surface area contributed by atoms with E-state index in [4.69, 9.17) is 0 Å². The van der Waals surface area contributed by atoms with Crippen molar-refractivity contribution in [1.82, 2.24) is 29.6 Å². The van der Waals surface area contributed by atoms with Crippen molar-refractivity contribution in [3.05, 3.63) is 73.1 Å². The Morgan fingerprint density at radius 3 is 2.48 bits per heavy atom. The minimum atomic E-state index is 0.0763. The first kappa shape index (κ1) is 17.3. The largest absolute Gasteiger partial charge is 0.353 e. The molecule has 0 saturated carbocycles. The number of anilines is 1. The highest BCUT2D eigenvalue weighted by Gasteiger charge is 2.24. The van der Waals surface area contributed by atoms with Crippen LogP contribution >= 0.6 is 0 Å². The van der Waals surface area contributed by atoms with Crippen LogP contribution in [0.5, 0.6) is 0 Å². The van der Waals surface area contributed by atoms with Crippen LogP contribution in [-0.4, -0.2) is 61.7 Å². The van der Waals surface area contributed by atoms with Crippen LogP contribution in [0, 0.1) is 0 Å². The topological polar surface area (TPSA) is 80.0 Å². The number of rotatable bonds is 3. The summed E-state index contributed by atoms with van der Waals surface area (Å²) in [6, 6.07) is 15.8. The molecule has 29 heavy (non-hydrogen) atoms. The second-order valence-electron chi connectivity index (χ2n) is 6.88. The smallest absolute Gasteiger partial charge is 0.254 e. The number of hydrogen-bond acceptors (Lipinski definition) is 6. The van der Waals surface area contributed by atoms with Crippen molar-refractivity contribution >= 4 is 22.5 Å². The molecule has 8 nitrogen and oxygen atoms in total. The fourth-order valence-corrected chi connectivity index (χ4v) is 3.68. The van der Waals surface area contributed by atoms with Gasteiger partial charge in [-0.2, -0.15) is 5.10 Å². The maximum Gasteiger partial charge on any atom is 0.254 e. The highest BCUT2D eigenvalue weighted by molar-refractivity contribution is 6.07. The average molecular weight is 385 g/mol. The molecule has 0 bridgehead atoms. The number of nitrogens with zero attached hydrogens (tertiary/aromatic N) is 7. The maximum atomic E-state index is 13.1. The van der Waals surface area contributed by atoms with E-state index in [0.29, 0.717) is 32.0 Å². The fraction of sp³-hybridized carbons (Fsp3) is 0.190. The van der Waals surface area contributed by atoms with Crippen molar-refractivity contribution in [2.45, 2.75) is 0 Å². The lowest BCUT2D eigenvalue weighted by molar-refractivity contribution is 0.0748. The first-order valence-corrected chi connectivity index (χ1v) is 9.48. The van der Waals surface area contributed by atoms with Gasteiger partial charge in [-0.3, -0.25) is 4.79 Å². The molecule has 2 aromatic carbocycles. The molecule has 1 saturated heterocycles. The number of benzene rings is 2. The molecule has 0 atom stereocenters. The lowest BCUT2D eigenvalue weighted by atomic mass is 10.0. The molecular weight excluding hydrogens is 366 g/mol. The van der Waals surface area contributed by atoms with Gasteiger partial charge in [0.05, 0.1) is 0 Å². The Hall–Kier alpha value is -3.81. The predicted molar refractivity (Wildman–Crippen MR) is 109 cm³/mol. The third-order valence-corrected chi connectivity index (χ3v) is 5.20. The van der Waals surface area contributed by atoms with Crippen LogP contribution in [0.3, 0.4) is 0 Å². The third kappa shape index (κ3) is 3.29. The van der Waals surface area contributed by atoms with Crippen LogP contribution in [0.15, 0.2) is 67.5 Å². The van der Waals surface area contributed by atoms with Gasteiger partial charge in [0.15, 0.2) is 5.82 Å². The molecule has 0 spiro atoms. The van der Waals surface area contributed by atoms with Gasteiger partial charge in [-0.25, -0.2) is 19.6 Å². The molecule has 4 aromatic rings. The standard InChI is InChI=1S/C21H19N7O/c29-21(18-7-3-5-16-4-1-2-6-17(16)18)27-10-8-26(9-11-27)19-12-20(24-14-23-19)28-15-22-13-25-28/h1-7,12-15H,8-11H2. The highest BCUT2D eigenvalue weighted by atomic mass is 16.2. The van der Waals surface area contributed by atoms with E-state index in [2.05, 4.69) is 25.0 Å². The van der Waals surface area contributed by atoms with Gasteiger partial charge < -0.3 is 9.80 Å². The molecule has 5 rings (SSSR count). The van der Waals surface area contributed by atoms with Crippen LogP contribution in [0.25, 0.3) is 16.6 Å². The first-order chi connectivity index (χ1) is 14.3. The average Bonchev–Trinajstić information content (AvgIpc) is 3.34. The summed E-state index contributed by atoms with van der Waals surface area (Å²) in [5.41, 5.74) is 0.757. The summed E-state index contributed by atoms with van der Waals surface area (Å²) in [5.74, 6) is 1.57. The van der Waals surface area contributed by atoms with Gasteiger partial charge in [-0.1, -0.05) is 36.4 Å². The van der Waals surface area contributed by atoms with E-state index in [1.807, 2.05) is 53.4 Å². The van der Waals surface area contributed by atoms with Gasteiger partial charge in [-0.15, -0.1) is 0 Å². The van der Waals surface area contributed by atoms with Crippen molar-refractivity contribution in [1.29, 1.82) is 0 Å². The number of hydrogen-bond donors (Lipinski definition) is 0. The molecule has 0 N–H and O–H groups in total. The van der Waals surface area contributed by atoms with Gasteiger partial charge in [0.25, 0.3) is 5.91 Å². The van der Waals surface area contributed by atoms with E-state index in [-0.39, 0.29) is 5.91 Å². The minimum Gasteiger partial charge on any atom is -0.353 e. The zero-order valence-electron chi connectivity index (χ0n) is 15.7. The zero-order valence-corrected chi connectivity index (χ0v) is 15.7.